The SMILES string of the molecule is CC1CN(Cc2cccc(Cl)n2)C(C=O)C(O)O1. The van der Waals surface area contributed by atoms with Crippen LogP contribution in [0.3, 0.4) is 0 Å². The van der Waals surface area contributed by atoms with Crippen LogP contribution >= 0.6 is 11.6 Å². The number of aliphatic hydroxyl groups is 1. The Morgan fingerprint density at radius 2 is 2.44 bits per heavy atom. The van der Waals surface area contributed by atoms with E-state index in [9.17, 15) is 9.90 Å². The summed E-state index contributed by atoms with van der Waals surface area (Å²) >= 11 is 5.82. The molecule has 0 saturated carbocycles. The Kier molecular flexibility index (Phi) is 4.29. The van der Waals surface area contributed by atoms with Crippen molar-refractivity contribution >= 4 is 17.9 Å². The van der Waals surface area contributed by atoms with Crippen LogP contribution in [0.4, 0.5) is 0 Å². The van der Waals surface area contributed by atoms with Gasteiger partial charge in [-0.25, -0.2) is 4.98 Å². The molecule has 1 saturated heterocycles. The summed E-state index contributed by atoms with van der Waals surface area (Å²) in [5.74, 6) is 0. The number of morpholine rings is 1. The molecule has 3 unspecified atom stereocenters. The van der Waals surface area contributed by atoms with Crippen LogP contribution < -0.4 is 0 Å². The van der Waals surface area contributed by atoms with Crippen molar-refractivity contribution in [3.63, 3.8) is 0 Å². The largest absolute Gasteiger partial charge is 0.366 e. The Morgan fingerprint density at radius 3 is 3.11 bits per heavy atom. The first-order valence-electron chi connectivity index (χ1n) is 5.74. The van der Waals surface area contributed by atoms with Gasteiger partial charge in [0.1, 0.15) is 17.5 Å². The van der Waals surface area contributed by atoms with Crippen molar-refractivity contribution in [2.45, 2.75) is 31.9 Å². The Bertz CT molecular complexity index is 430. The van der Waals surface area contributed by atoms with E-state index in [2.05, 4.69) is 4.98 Å². The quantitative estimate of drug-likeness (QED) is 0.651. The van der Waals surface area contributed by atoms with E-state index in [1.54, 1.807) is 12.1 Å². The van der Waals surface area contributed by atoms with Crippen molar-refractivity contribution in [2.24, 2.45) is 0 Å². The lowest BCUT2D eigenvalue weighted by molar-refractivity contribution is -0.205. The van der Waals surface area contributed by atoms with Crippen LogP contribution in [0.15, 0.2) is 18.2 Å². The highest BCUT2D eigenvalue weighted by Crippen LogP contribution is 2.18. The van der Waals surface area contributed by atoms with Crippen LogP contribution in [0.5, 0.6) is 0 Å². The lowest BCUT2D eigenvalue weighted by atomic mass is 10.1. The zero-order valence-corrected chi connectivity index (χ0v) is 10.7. The van der Waals surface area contributed by atoms with E-state index in [0.717, 1.165) is 5.69 Å². The Hall–Kier alpha value is -1.01. The van der Waals surface area contributed by atoms with E-state index in [4.69, 9.17) is 16.3 Å². The second kappa shape index (κ2) is 5.75. The summed E-state index contributed by atoms with van der Waals surface area (Å²) in [6.07, 6.45) is -0.526. The Morgan fingerprint density at radius 1 is 1.67 bits per heavy atom. The fourth-order valence-corrected chi connectivity index (χ4v) is 2.24. The van der Waals surface area contributed by atoms with Gasteiger partial charge in [-0.05, 0) is 19.1 Å². The predicted molar refractivity (Wildman–Crippen MR) is 66.1 cm³/mol. The summed E-state index contributed by atoms with van der Waals surface area (Å²) in [4.78, 5) is 17.0. The maximum absolute atomic E-state index is 11.0. The number of carbonyl (C=O) groups is 1. The molecule has 1 aliphatic rings. The average Bonchev–Trinajstić information content (AvgIpc) is 2.28. The standard InChI is InChI=1S/C12H15ClN2O3/c1-8-5-15(10(7-16)12(17)18-8)6-9-3-2-4-11(13)14-9/h2-4,7-8,10,12,17H,5-6H2,1H3. The molecule has 0 bridgehead atoms. The van der Waals surface area contributed by atoms with Gasteiger partial charge in [0.05, 0.1) is 11.8 Å². The maximum atomic E-state index is 11.0. The first kappa shape index (κ1) is 13.4. The molecule has 18 heavy (non-hydrogen) atoms. The first-order valence-corrected chi connectivity index (χ1v) is 6.12. The monoisotopic (exact) mass is 270 g/mol. The number of rotatable bonds is 3. The van der Waals surface area contributed by atoms with Gasteiger partial charge in [-0.1, -0.05) is 17.7 Å². The van der Waals surface area contributed by atoms with Gasteiger partial charge in [0.25, 0.3) is 0 Å². The van der Waals surface area contributed by atoms with Gasteiger partial charge in [0, 0.05) is 13.1 Å². The highest BCUT2D eigenvalue weighted by molar-refractivity contribution is 6.29. The van der Waals surface area contributed by atoms with Crippen molar-refractivity contribution in [3.8, 4) is 0 Å². The van der Waals surface area contributed by atoms with Crippen LogP contribution in [0.1, 0.15) is 12.6 Å². The van der Waals surface area contributed by atoms with Crippen LogP contribution in [0.25, 0.3) is 0 Å². The number of hydrogen-bond donors (Lipinski definition) is 1. The number of carbonyl (C=O) groups excluding carboxylic acids is 1. The Labute approximate surface area is 110 Å². The summed E-state index contributed by atoms with van der Waals surface area (Å²) in [5, 5.41) is 10.1. The smallest absolute Gasteiger partial charge is 0.177 e. The molecule has 98 valence electrons. The molecule has 2 rings (SSSR count). The average molecular weight is 271 g/mol. The molecule has 1 aliphatic heterocycles. The second-order valence-corrected chi connectivity index (χ2v) is 4.73. The minimum atomic E-state index is -1.09. The lowest BCUT2D eigenvalue weighted by Gasteiger charge is -2.38. The highest BCUT2D eigenvalue weighted by Gasteiger charge is 2.34. The predicted octanol–water partition coefficient (Wildman–Crippen LogP) is 0.842. The van der Waals surface area contributed by atoms with Gasteiger partial charge in [0.15, 0.2) is 6.29 Å². The molecule has 1 fully saturated rings. The van der Waals surface area contributed by atoms with Crippen molar-refractivity contribution in [1.82, 2.24) is 9.88 Å². The summed E-state index contributed by atoms with van der Waals surface area (Å²) in [6, 6.07) is 4.67. The van der Waals surface area contributed by atoms with Crippen LogP contribution in [-0.2, 0) is 16.1 Å². The first-order chi connectivity index (χ1) is 8.60. The molecule has 0 amide bonds. The van der Waals surface area contributed by atoms with E-state index in [1.165, 1.54) is 0 Å². The third-order valence-corrected chi connectivity index (χ3v) is 3.06. The van der Waals surface area contributed by atoms with Gasteiger partial charge >= 0.3 is 0 Å². The van der Waals surface area contributed by atoms with Gasteiger partial charge in [0.2, 0.25) is 0 Å². The maximum Gasteiger partial charge on any atom is 0.177 e. The number of aromatic nitrogens is 1. The van der Waals surface area contributed by atoms with Crippen molar-refractivity contribution in [1.29, 1.82) is 0 Å². The molecule has 0 aliphatic carbocycles. The molecule has 1 aromatic heterocycles. The summed E-state index contributed by atoms with van der Waals surface area (Å²) in [5.41, 5.74) is 0.760. The normalized spacial score (nSPS) is 29.2. The minimum absolute atomic E-state index is 0.129. The van der Waals surface area contributed by atoms with Crippen LogP contribution in [0, 0.1) is 0 Å². The summed E-state index contributed by atoms with van der Waals surface area (Å²) < 4.78 is 5.22. The molecule has 1 aromatic rings. The zero-order valence-electron chi connectivity index (χ0n) is 9.99. The number of aliphatic hydroxyl groups excluding tert-OH is 1. The molecule has 0 aromatic carbocycles. The summed E-state index contributed by atoms with van der Waals surface area (Å²) in [7, 11) is 0. The number of halogens is 1. The molecular formula is C12H15ClN2O3. The third kappa shape index (κ3) is 3.05. The van der Waals surface area contributed by atoms with Gasteiger partial charge in [-0.2, -0.15) is 0 Å². The highest BCUT2D eigenvalue weighted by atomic mass is 35.5. The molecule has 0 radical (unpaired) electrons. The van der Waals surface area contributed by atoms with Crippen molar-refractivity contribution in [3.05, 3.63) is 29.0 Å². The lowest BCUT2D eigenvalue weighted by Crippen LogP contribution is -2.54. The van der Waals surface area contributed by atoms with E-state index in [0.29, 0.717) is 24.5 Å². The van der Waals surface area contributed by atoms with Crippen LogP contribution in [-0.4, -0.2) is 46.3 Å². The number of aldehydes is 1. The fourth-order valence-electron chi connectivity index (χ4n) is 2.06. The molecule has 6 heteroatoms. The number of ether oxygens (including phenoxy) is 1. The van der Waals surface area contributed by atoms with Crippen molar-refractivity contribution < 1.29 is 14.6 Å². The van der Waals surface area contributed by atoms with E-state index >= 15 is 0 Å². The molecule has 1 N–H and O–H groups in total. The number of nitrogens with zero attached hydrogens (tertiary/aromatic N) is 2. The topological polar surface area (TPSA) is 62.7 Å². The van der Waals surface area contributed by atoms with Gasteiger partial charge < -0.3 is 14.6 Å². The van der Waals surface area contributed by atoms with E-state index in [1.807, 2.05) is 17.9 Å². The zero-order chi connectivity index (χ0) is 13.1. The summed E-state index contributed by atoms with van der Waals surface area (Å²) in [6.45, 7) is 2.87. The molecule has 2 heterocycles. The van der Waals surface area contributed by atoms with Crippen molar-refractivity contribution in [2.75, 3.05) is 6.54 Å². The fraction of sp³-hybridized carbons (Fsp3) is 0.500. The Balaban J connectivity index is 2.12. The number of pyridine rings is 1. The minimum Gasteiger partial charge on any atom is -0.366 e. The second-order valence-electron chi connectivity index (χ2n) is 4.35. The molecular weight excluding hydrogens is 256 g/mol. The van der Waals surface area contributed by atoms with E-state index in [-0.39, 0.29) is 6.10 Å². The number of hydrogen-bond acceptors (Lipinski definition) is 5. The van der Waals surface area contributed by atoms with Gasteiger partial charge in [-0.3, -0.25) is 4.90 Å². The third-order valence-electron chi connectivity index (χ3n) is 2.85. The van der Waals surface area contributed by atoms with Crippen LogP contribution in [0.2, 0.25) is 5.15 Å². The van der Waals surface area contributed by atoms with E-state index < -0.39 is 12.3 Å². The molecule has 3 atom stereocenters. The molecule has 0 spiro atoms. The molecule has 5 nitrogen and oxygen atoms in total. The van der Waals surface area contributed by atoms with Gasteiger partial charge in [-0.15, -0.1) is 0 Å².